The summed E-state index contributed by atoms with van der Waals surface area (Å²) in [5.41, 5.74) is 0. The fourth-order valence-corrected chi connectivity index (χ4v) is 1.04. The predicted octanol–water partition coefficient (Wildman–Crippen LogP) is -1.47. The summed E-state index contributed by atoms with van der Waals surface area (Å²) in [4.78, 5) is 13.8. The first kappa shape index (κ1) is 18.8. The van der Waals surface area contributed by atoms with Crippen LogP contribution >= 0.6 is 0 Å². The first-order chi connectivity index (χ1) is 7.66. The van der Waals surface area contributed by atoms with Crippen LogP contribution in [0.2, 0.25) is 0 Å². The van der Waals surface area contributed by atoms with Crippen molar-refractivity contribution in [1.29, 1.82) is 0 Å². The molecule has 0 bridgehead atoms. The maximum absolute atomic E-state index is 11.0. The van der Waals surface area contributed by atoms with Crippen LogP contribution in [0.15, 0.2) is 29.3 Å². The first-order valence-corrected chi connectivity index (χ1v) is 5.44. The molecule has 4 nitrogen and oxygen atoms in total. The van der Waals surface area contributed by atoms with E-state index in [1.807, 2.05) is 0 Å². The molecule has 0 amide bonds. The zero-order valence-electron chi connectivity index (χ0n) is 10.6. The molecule has 0 unspecified atom stereocenters. The summed E-state index contributed by atoms with van der Waals surface area (Å²) >= 11 is 0. The molecule has 0 aliphatic rings. The average molecular weight is 247 g/mol. The van der Waals surface area contributed by atoms with E-state index in [-0.39, 0.29) is 29.6 Å². The second-order valence-corrected chi connectivity index (χ2v) is 3.27. The Morgan fingerprint density at radius 3 is 2.59 bits per heavy atom. The number of carboxylic acids is 1. The summed E-state index contributed by atoms with van der Waals surface area (Å²) in [6, 6.07) is 0. The Morgan fingerprint density at radius 1 is 1.29 bits per heavy atom. The van der Waals surface area contributed by atoms with E-state index in [1.54, 1.807) is 0 Å². The molecule has 0 saturated heterocycles. The van der Waals surface area contributed by atoms with Gasteiger partial charge in [0.05, 0.1) is 0 Å². The van der Waals surface area contributed by atoms with Crippen LogP contribution < -0.4 is 34.7 Å². The smallest absolute Gasteiger partial charge is 0.859 e. The molecule has 90 valence electrons. The molecule has 0 aromatic heterocycles. The van der Waals surface area contributed by atoms with Crippen LogP contribution in [0.1, 0.15) is 32.6 Å². The SMILES string of the molecule is CC/C=C/CCCCN=C([O-])/C=C/C(=O)O.[Na+]. The van der Waals surface area contributed by atoms with Gasteiger partial charge in [0.1, 0.15) is 0 Å². The number of carbonyl (C=O) groups is 1. The third-order valence-electron chi connectivity index (χ3n) is 1.82. The van der Waals surface area contributed by atoms with Gasteiger partial charge in [0.2, 0.25) is 0 Å². The minimum atomic E-state index is -1.13. The van der Waals surface area contributed by atoms with Crippen molar-refractivity contribution in [2.75, 3.05) is 6.54 Å². The zero-order valence-corrected chi connectivity index (χ0v) is 12.6. The van der Waals surface area contributed by atoms with E-state index in [9.17, 15) is 9.90 Å². The van der Waals surface area contributed by atoms with Crippen LogP contribution in [0.4, 0.5) is 0 Å². The Kier molecular flexibility index (Phi) is 14.9. The molecule has 0 aromatic carbocycles. The number of carboxylic acid groups (broad SMARTS) is 1. The molecule has 0 aliphatic heterocycles. The van der Waals surface area contributed by atoms with Gasteiger partial charge in [-0.25, -0.2) is 4.79 Å². The third-order valence-corrected chi connectivity index (χ3v) is 1.82. The van der Waals surface area contributed by atoms with Crippen molar-refractivity contribution in [3.63, 3.8) is 0 Å². The van der Waals surface area contributed by atoms with E-state index in [1.165, 1.54) is 0 Å². The number of hydrogen-bond acceptors (Lipinski definition) is 3. The van der Waals surface area contributed by atoms with Gasteiger partial charge in [0, 0.05) is 12.6 Å². The summed E-state index contributed by atoms with van der Waals surface area (Å²) < 4.78 is 0. The van der Waals surface area contributed by atoms with Crippen LogP contribution in [-0.2, 0) is 4.79 Å². The molecule has 0 rings (SSSR count). The molecule has 1 N–H and O–H groups in total. The molecule has 0 aliphatic carbocycles. The van der Waals surface area contributed by atoms with Crippen LogP contribution in [0.25, 0.3) is 0 Å². The third kappa shape index (κ3) is 15.4. The van der Waals surface area contributed by atoms with Crippen LogP contribution in [0, 0.1) is 0 Å². The second kappa shape index (κ2) is 13.5. The number of aliphatic imine (C=N–C) groups is 1. The van der Waals surface area contributed by atoms with Crippen molar-refractivity contribution in [3.8, 4) is 0 Å². The van der Waals surface area contributed by atoms with Gasteiger partial charge in [-0.3, -0.25) is 0 Å². The number of unbranched alkanes of at least 4 members (excludes halogenated alkanes) is 2. The molecule has 0 spiro atoms. The fraction of sp³-hybridized carbons (Fsp3) is 0.500. The van der Waals surface area contributed by atoms with Crippen molar-refractivity contribution >= 4 is 11.9 Å². The van der Waals surface area contributed by atoms with E-state index in [4.69, 9.17) is 5.11 Å². The van der Waals surface area contributed by atoms with Gasteiger partial charge in [-0.2, -0.15) is 0 Å². The minimum Gasteiger partial charge on any atom is -0.859 e. The van der Waals surface area contributed by atoms with Crippen LogP contribution in [0.5, 0.6) is 0 Å². The van der Waals surface area contributed by atoms with E-state index in [0.29, 0.717) is 6.54 Å². The molecule has 17 heavy (non-hydrogen) atoms. The molecular weight excluding hydrogens is 229 g/mol. The van der Waals surface area contributed by atoms with E-state index in [0.717, 1.165) is 37.8 Å². The van der Waals surface area contributed by atoms with Crippen molar-refractivity contribution < 1.29 is 44.6 Å². The summed E-state index contributed by atoms with van der Waals surface area (Å²) in [7, 11) is 0. The largest absolute Gasteiger partial charge is 1.00 e. The number of hydrogen-bond donors (Lipinski definition) is 1. The Morgan fingerprint density at radius 2 is 2.00 bits per heavy atom. The predicted molar refractivity (Wildman–Crippen MR) is 62.4 cm³/mol. The average Bonchev–Trinajstić information content (AvgIpc) is 2.25. The zero-order chi connectivity index (χ0) is 12.2. The van der Waals surface area contributed by atoms with Crippen LogP contribution in [0.3, 0.4) is 0 Å². The molecule has 0 saturated carbocycles. The molecule has 0 radical (unpaired) electrons. The number of nitrogens with zero attached hydrogens (tertiary/aromatic N) is 1. The van der Waals surface area contributed by atoms with Gasteiger partial charge < -0.3 is 15.2 Å². The summed E-state index contributed by atoms with van der Waals surface area (Å²) in [5.74, 6) is -1.61. The first-order valence-electron chi connectivity index (χ1n) is 5.44. The monoisotopic (exact) mass is 247 g/mol. The Bertz CT molecular complexity index is 285. The van der Waals surface area contributed by atoms with E-state index >= 15 is 0 Å². The summed E-state index contributed by atoms with van der Waals surface area (Å²) in [6.45, 7) is 2.54. The molecule has 0 fully saturated rings. The Balaban J connectivity index is 0. The maximum Gasteiger partial charge on any atom is 1.00 e. The molecular formula is C12H18NNaO3. The van der Waals surface area contributed by atoms with E-state index in [2.05, 4.69) is 24.1 Å². The van der Waals surface area contributed by atoms with Crippen molar-refractivity contribution in [3.05, 3.63) is 24.3 Å². The number of aliphatic carboxylic acids is 1. The molecule has 0 aromatic rings. The standard InChI is InChI=1S/C12H19NO3.Na/c1-2-3-4-5-6-7-10-13-11(14)8-9-12(15)16;/h3-4,8-9H,2,5-7,10H2,1H3,(H,13,14)(H,15,16);/q;+1/p-1/b4-3+,9-8+;. The number of rotatable bonds is 8. The van der Waals surface area contributed by atoms with Crippen molar-refractivity contribution in [2.45, 2.75) is 32.6 Å². The maximum atomic E-state index is 11.0. The normalized spacial score (nSPS) is 11.9. The molecule has 5 heteroatoms. The van der Waals surface area contributed by atoms with E-state index < -0.39 is 11.9 Å². The Hall–Kier alpha value is -0.580. The van der Waals surface area contributed by atoms with Gasteiger partial charge in [-0.15, -0.1) is 0 Å². The Labute approximate surface area is 124 Å². The summed E-state index contributed by atoms with van der Waals surface area (Å²) in [6.07, 6.45) is 9.89. The van der Waals surface area contributed by atoms with Gasteiger partial charge in [0.25, 0.3) is 0 Å². The summed E-state index contributed by atoms with van der Waals surface area (Å²) in [5, 5.41) is 19.2. The fourth-order valence-electron chi connectivity index (χ4n) is 1.04. The minimum absolute atomic E-state index is 0. The second-order valence-electron chi connectivity index (χ2n) is 3.27. The quantitative estimate of drug-likeness (QED) is 0.142. The van der Waals surface area contributed by atoms with Crippen molar-refractivity contribution in [2.24, 2.45) is 4.99 Å². The van der Waals surface area contributed by atoms with Gasteiger partial charge in [0.15, 0.2) is 0 Å². The van der Waals surface area contributed by atoms with Crippen LogP contribution in [-0.4, -0.2) is 23.5 Å². The van der Waals surface area contributed by atoms with Gasteiger partial charge in [-0.1, -0.05) is 19.1 Å². The van der Waals surface area contributed by atoms with Gasteiger partial charge in [-0.05, 0) is 37.7 Å². The number of allylic oxidation sites excluding steroid dienone is 2. The topological polar surface area (TPSA) is 72.7 Å². The molecule has 0 atom stereocenters. The van der Waals surface area contributed by atoms with Crippen molar-refractivity contribution in [1.82, 2.24) is 0 Å². The van der Waals surface area contributed by atoms with Gasteiger partial charge >= 0.3 is 35.5 Å². The molecule has 0 heterocycles.